The Kier molecular flexibility index (Phi) is 3.84. The zero-order chi connectivity index (χ0) is 12.4. The largest absolute Gasteiger partial charge is 0.375 e. The van der Waals surface area contributed by atoms with Crippen molar-refractivity contribution >= 4 is 33.0 Å². The van der Waals surface area contributed by atoms with Gasteiger partial charge in [0.15, 0.2) is 0 Å². The second kappa shape index (κ2) is 5.19. The van der Waals surface area contributed by atoms with Gasteiger partial charge in [0, 0.05) is 9.35 Å². The molecule has 1 N–H and O–H groups in total. The molecule has 1 nitrogen and oxygen atoms in total. The van der Waals surface area contributed by atoms with Crippen LogP contribution >= 0.6 is 27.3 Å². The van der Waals surface area contributed by atoms with E-state index in [1.54, 1.807) is 17.4 Å². The van der Waals surface area contributed by atoms with Crippen LogP contribution in [0.3, 0.4) is 0 Å². The molecule has 2 aromatic rings. The number of anilines is 1. The van der Waals surface area contributed by atoms with Crippen LogP contribution in [0.5, 0.6) is 0 Å². The monoisotopic (exact) mass is 313 g/mol. The molecule has 0 spiro atoms. The molecule has 0 fully saturated rings. The Morgan fingerprint density at radius 1 is 1.35 bits per heavy atom. The van der Waals surface area contributed by atoms with Gasteiger partial charge in [0.05, 0.1) is 11.7 Å². The summed E-state index contributed by atoms with van der Waals surface area (Å²) in [6, 6.07) is 7.25. The van der Waals surface area contributed by atoms with Crippen LogP contribution in [0.2, 0.25) is 0 Å². The van der Waals surface area contributed by atoms with Gasteiger partial charge in [0.2, 0.25) is 0 Å². The third-order valence-electron chi connectivity index (χ3n) is 2.60. The van der Waals surface area contributed by atoms with E-state index in [1.165, 1.54) is 16.5 Å². The summed E-state index contributed by atoms with van der Waals surface area (Å²) in [6.07, 6.45) is 0. The van der Waals surface area contributed by atoms with Crippen molar-refractivity contribution in [3.63, 3.8) is 0 Å². The van der Waals surface area contributed by atoms with Gasteiger partial charge in [-0.15, -0.1) is 11.3 Å². The van der Waals surface area contributed by atoms with E-state index in [0.717, 1.165) is 4.47 Å². The van der Waals surface area contributed by atoms with Gasteiger partial charge in [-0.05, 0) is 49.1 Å². The summed E-state index contributed by atoms with van der Waals surface area (Å²) in [5, 5.41) is 5.25. The van der Waals surface area contributed by atoms with Crippen LogP contribution in [-0.2, 0) is 0 Å². The molecule has 0 saturated heterocycles. The molecule has 0 saturated carbocycles. The van der Waals surface area contributed by atoms with Gasteiger partial charge in [0.1, 0.15) is 5.82 Å². The van der Waals surface area contributed by atoms with Crippen molar-refractivity contribution in [3.8, 4) is 0 Å². The lowest BCUT2D eigenvalue weighted by atomic mass is 10.2. The van der Waals surface area contributed by atoms with E-state index in [9.17, 15) is 4.39 Å². The van der Waals surface area contributed by atoms with Crippen molar-refractivity contribution in [3.05, 3.63) is 50.4 Å². The fourth-order valence-electron chi connectivity index (χ4n) is 1.73. The molecule has 4 heteroatoms. The fourth-order valence-corrected chi connectivity index (χ4v) is 3.00. The first-order chi connectivity index (χ1) is 8.08. The second-order valence-electron chi connectivity index (χ2n) is 3.96. The van der Waals surface area contributed by atoms with Crippen molar-refractivity contribution in [2.24, 2.45) is 0 Å². The Balaban J connectivity index is 2.19. The number of hydrogen-bond donors (Lipinski definition) is 1. The van der Waals surface area contributed by atoms with Crippen LogP contribution < -0.4 is 5.32 Å². The van der Waals surface area contributed by atoms with Crippen molar-refractivity contribution in [2.45, 2.75) is 19.9 Å². The van der Waals surface area contributed by atoms with E-state index in [1.807, 2.05) is 13.0 Å². The van der Waals surface area contributed by atoms with Crippen LogP contribution in [0.25, 0.3) is 0 Å². The minimum Gasteiger partial charge on any atom is -0.375 e. The zero-order valence-electron chi connectivity index (χ0n) is 9.63. The molecular weight excluding hydrogens is 301 g/mol. The van der Waals surface area contributed by atoms with Crippen molar-refractivity contribution in [1.82, 2.24) is 0 Å². The predicted molar refractivity (Wildman–Crippen MR) is 75.2 cm³/mol. The van der Waals surface area contributed by atoms with E-state index in [-0.39, 0.29) is 11.9 Å². The van der Waals surface area contributed by atoms with Gasteiger partial charge in [0.25, 0.3) is 0 Å². The molecule has 1 aromatic carbocycles. The normalized spacial score (nSPS) is 12.5. The Morgan fingerprint density at radius 2 is 2.12 bits per heavy atom. The maximum absolute atomic E-state index is 13.7. The SMILES string of the molecule is Cc1ccsc1C(C)Nc1ccc(Br)cc1F. The summed E-state index contributed by atoms with van der Waals surface area (Å²) in [5.74, 6) is -0.236. The Morgan fingerprint density at radius 3 is 2.71 bits per heavy atom. The van der Waals surface area contributed by atoms with Crippen LogP contribution in [-0.4, -0.2) is 0 Å². The van der Waals surface area contributed by atoms with E-state index in [4.69, 9.17) is 0 Å². The quantitative estimate of drug-likeness (QED) is 0.828. The number of rotatable bonds is 3. The molecule has 0 aliphatic heterocycles. The van der Waals surface area contributed by atoms with Crippen molar-refractivity contribution in [2.75, 3.05) is 5.32 Å². The van der Waals surface area contributed by atoms with E-state index in [2.05, 4.69) is 39.6 Å². The summed E-state index contributed by atoms with van der Waals surface area (Å²) in [4.78, 5) is 1.24. The number of thiophene rings is 1. The van der Waals surface area contributed by atoms with E-state index < -0.39 is 0 Å². The van der Waals surface area contributed by atoms with Gasteiger partial charge in [-0.2, -0.15) is 0 Å². The molecule has 2 rings (SSSR count). The smallest absolute Gasteiger partial charge is 0.147 e. The van der Waals surface area contributed by atoms with Gasteiger partial charge >= 0.3 is 0 Å². The van der Waals surface area contributed by atoms with Crippen LogP contribution in [0.4, 0.5) is 10.1 Å². The van der Waals surface area contributed by atoms with Gasteiger partial charge < -0.3 is 5.32 Å². The number of hydrogen-bond acceptors (Lipinski definition) is 2. The standard InChI is InChI=1S/C13H13BrFNS/c1-8-5-6-17-13(8)9(2)16-12-4-3-10(14)7-11(12)15/h3-7,9,16H,1-2H3. The highest BCUT2D eigenvalue weighted by atomic mass is 79.9. The first-order valence-electron chi connectivity index (χ1n) is 5.33. The number of halogens is 2. The highest BCUT2D eigenvalue weighted by molar-refractivity contribution is 9.10. The summed E-state index contributed by atoms with van der Waals surface area (Å²) in [5.41, 5.74) is 1.78. The van der Waals surface area contributed by atoms with Gasteiger partial charge in [-0.25, -0.2) is 4.39 Å². The Labute approximate surface area is 113 Å². The molecule has 17 heavy (non-hydrogen) atoms. The molecule has 90 valence electrons. The van der Waals surface area contributed by atoms with E-state index in [0.29, 0.717) is 5.69 Å². The number of aryl methyl sites for hydroxylation is 1. The number of benzene rings is 1. The van der Waals surface area contributed by atoms with Crippen molar-refractivity contribution < 1.29 is 4.39 Å². The van der Waals surface area contributed by atoms with Crippen LogP contribution in [0.15, 0.2) is 34.1 Å². The lowest BCUT2D eigenvalue weighted by Gasteiger charge is -2.15. The minimum atomic E-state index is -0.236. The third-order valence-corrected chi connectivity index (χ3v) is 4.29. The molecule has 1 unspecified atom stereocenters. The summed E-state index contributed by atoms with van der Waals surface area (Å²) in [6.45, 7) is 4.11. The lowest BCUT2D eigenvalue weighted by molar-refractivity contribution is 0.627. The Bertz CT molecular complexity index is 524. The number of nitrogens with one attached hydrogen (secondary N) is 1. The summed E-state index contributed by atoms with van der Waals surface area (Å²) >= 11 is 4.94. The van der Waals surface area contributed by atoms with Crippen molar-refractivity contribution in [1.29, 1.82) is 0 Å². The maximum atomic E-state index is 13.7. The minimum absolute atomic E-state index is 0.116. The average molecular weight is 314 g/mol. The fraction of sp³-hybridized carbons (Fsp3) is 0.231. The first kappa shape index (κ1) is 12.6. The molecule has 1 atom stereocenters. The topological polar surface area (TPSA) is 12.0 Å². The van der Waals surface area contributed by atoms with Gasteiger partial charge in [-0.1, -0.05) is 15.9 Å². The predicted octanol–water partition coefficient (Wildman–Crippen LogP) is 5.13. The summed E-state index contributed by atoms with van der Waals surface area (Å²) in [7, 11) is 0. The Hall–Kier alpha value is -0.870. The molecule has 0 amide bonds. The molecule has 1 aromatic heterocycles. The molecule has 0 aliphatic carbocycles. The molecule has 0 aliphatic rings. The molecule has 1 heterocycles. The van der Waals surface area contributed by atoms with Crippen LogP contribution in [0, 0.1) is 12.7 Å². The lowest BCUT2D eigenvalue weighted by Crippen LogP contribution is -2.07. The summed E-state index contributed by atoms with van der Waals surface area (Å²) < 4.78 is 14.4. The third kappa shape index (κ3) is 2.87. The second-order valence-corrected chi connectivity index (χ2v) is 5.82. The van der Waals surface area contributed by atoms with Gasteiger partial charge in [-0.3, -0.25) is 0 Å². The van der Waals surface area contributed by atoms with E-state index >= 15 is 0 Å². The molecule has 0 bridgehead atoms. The average Bonchev–Trinajstić information content (AvgIpc) is 2.68. The zero-order valence-corrected chi connectivity index (χ0v) is 12.0. The molecule has 0 radical (unpaired) electrons. The first-order valence-corrected chi connectivity index (χ1v) is 7.01. The van der Waals surface area contributed by atoms with Crippen LogP contribution in [0.1, 0.15) is 23.4 Å². The highest BCUT2D eigenvalue weighted by Gasteiger charge is 2.11. The highest BCUT2D eigenvalue weighted by Crippen LogP contribution is 2.28. The maximum Gasteiger partial charge on any atom is 0.147 e. The molecular formula is C13H13BrFNS.